The number of carbonyl (C=O) groups excluding carboxylic acids is 1. The fraction of sp³-hybridized carbons (Fsp3) is 0.917. The summed E-state index contributed by atoms with van der Waals surface area (Å²) in [6.07, 6.45) is 2.17. The Labute approximate surface area is 96.2 Å². The van der Waals surface area contributed by atoms with E-state index in [0.717, 1.165) is 19.3 Å². The van der Waals surface area contributed by atoms with Gasteiger partial charge in [0.2, 0.25) is 0 Å². The summed E-state index contributed by atoms with van der Waals surface area (Å²) in [5, 5.41) is 0. The second-order valence-corrected chi connectivity index (χ2v) is 4.89. The van der Waals surface area contributed by atoms with Crippen molar-refractivity contribution in [2.45, 2.75) is 57.3 Å². The lowest BCUT2D eigenvalue weighted by Crippen LogP contribution is -2.42. The average Bonchev–Trinajstić information content (AvgIpc) is 2.92. The van der Waals surface area contributed by atoms with Gasteiger partial charge in [0.1, 0.15) is 5.60 Å². The Kier molecular flexibility index (Phi) is 2.97. The lowest BCUT2D eigenvalue weighted by molar-refractivity contribution is -0.144. The van der Waals surface area contributed by atoms with Crippen LogP contribution in [0.4, 0.5) is 0 Å². The standard InChI is InChI=1S/C12H20O4/c1-4-11(3)8-12(6-7-15-11)9(16-12)10(13)14-5-2/h9H,4-8H2,1-3H3/t9-,11-,12+/m0/s1. The Bertz CT molecular complexity index is 291. The molecular weight excluding hydrogens is 208 g/mol. The third kappa shape index (κ3) is 1.96. The third-order valence-corrected chi connectivity index (χ3v) is 3.67. The molecule has 0 saturated carbocycles. The van der Waals surface area contributed by atoms with E-state index >= 15 is 0 Å². The number of ether oxygens (including phenoxy) is 3. The van der Waals surface area contributed by atoms with Crippen molar-refractivity contribution in [1.29, 1.82) is 0 Å². The maximum Gasteiger partial charge on any atom is 0.338 e. The molecule has 2 rings (SSSR count). The molecule has 0 aromatic heterocycles. The molecule has 4 heteroatoms. The second kappa shape index (κ2) is 4.00. The van der Waals surface area contributed by atoms with Crippen LogP contribution >= 0.6 is 0 Å². The van der Waals surface area contributed by atoms with Gasteiger partial charge in [-0.25, -0.2) is 4.79 Å². The highest BCUT2D eigenvalue weighted by atomic mass is 16.7. The van der Waals surface area contributed by atoms with Crippen molar-refractivity contribution in [1.82, 2.24) is 0 Å². The Morgan fingerprint density at radius 2 is 2.25 bits per heavy atom. The Morgan fingerprint density at radius 1 is 1.50 bits per heavy atom. The molecule has 92 valence electrons. The monoisotopic (exact) mass is 228 g/mol. The van der Waals surface area contributed by atoms with E-state index in [4.69, 9.17) is 14.2 Å². The molecule has 1 spiro atoms. The molecule has 0 N–H and O–H groups in total. The minimum Gasteiger partial charge on any atom is -0.464 e. The van der Waals surface area contributed by atoms with Gasteiger partial charge in [-0.2, -0.15) is 0 Å². The zero-order chi connectivity index (χ0) is 11.8. The predicted octanol–water partition coefficient (Wildman–Crippen LogP) is 1.67. The summed E-state index contributed by atoms with van der Waals surface area (Å²) in [7, 11) is 0. The lowest BCUT2D eigenvalue weighted by Gasteiger charge is -2.36. The Balaban J connectivity index is 1.99. The maximum absolute atomic E-state index is 11.6. The minimum absolute atomic E-state index is 0.153. The highest BCUT2D eigenvalue weighted by molar-refractivity contribution is 5.79. The fourth-order valence-electron chi connectivity index (χ4n) is 2.48. The van der Waals surface area contributed by atoms with Gasteiger partial charge in [-0.1, -0.05) is 6.92 Å². The molecule has 2 aliphatic heterocycles. The summed E-state index contributed by atoms with van der Waals surface area (Å²) in [6, 6.07) is 0. The van der Waals surface area contributed by atoms with Gasteiger partial charge in [-0.05, 0) is 20.3 Å². The molecule has 0 aromatic rings. The number of epoxide rings is 1. The molecule has 2 heterocycles. The van der Waals surface area contributed by atoms with E-state index in [-0.39, 0.29) is 23.3 Å². The van der Waals surface area contributed by atoms with Gasteiger partial charge in [-0.15, -0.1) is 0 Å². The molecule has 0 amide bonds. The van der Waals surface area contributed by atoms with Crippen LogP contribution in [0.1, 0.15) is 40.0 Å². The SMILES string of the molecule is CCOC(=O)[C@@H]1O[C@@]12CCO[C@@](C)(CC)C2. The first-order valence-corrected chi connectivity index (χ1v) is 6.04. The summed E-state index contributed by atoms with van der Waals surface area (Å²) in [6.45, 7) is 7.07. The van der Waals surface area contributed by atoms with Crippen molar-refractivity contribution in [3.8, 4) is 0 Å². The lowest BCUT2D eigenvalue weighted by atomic mass is 9.83. The molecular formula is C12H20O4. The van der Waals surface area contributed by atoms with Gasteiger partial charge in [0, 0.05) is 12.8 Å². The molecule has 0 aromatic carbocycles. The molecule has 16 heavy (non-hydrogen) atoms. The summed E-state index contributed by atoms with van der Waals surface area (Å²) >= 11 is 0. The first-order valence-electron chi connectivity index (χ1n) is 6.04. The third-order valence-electron chi connectivity index (χ3n) is 3.67. The van der Waals surface area contributed by atoms with Gasteiger partial charge in [0.15, 0.2) is 6.10 Å². The van der Waals surface area contributed by atoms with Gasteiger partial charge in [0.25, 0.3) is 0 Å². The van der Waals surface area contributed by atoms with Gasteiger partial charge < -0.3 is 14.2 Å². The number of hydrogen-bond donors (Lipinski definition) is 0. The highest BCUT2D eigenvalue weighted by Gasteiger charge is 2.64. The van der Waals surface area contributed by atoms with Crippen LogP contribution in [0.25, 0.3) is 0 Å². The molecule has 3 atom stereocenters. The van der Waals surface area contributed by atoms with Crippen molar-refractivity contribution < 1.29 is 19.0 Å². The van der Waals surface area contributed by atoms with Crippen LogP contribution in [-0.2, 0) is 19.0 Å². The van der Waals surface area contributed by atoms with Crippen LogP contribution in [0.3, 0.4) is 0 Å². The number of esters is 1. The highest BCUT2D eigenvalue weighted by Crippen LogP contribution is 2.50. The number of hydrogen-bond acceptors (Lipinski definition) is 4. The molecule has 4 nitrogen and oxygen atoms in total. The molecule has 2 saturated heterocycles. The van der Waals surface area contributed by atoms with Crippen molar-refractivity contribution in [2.75, 3.05) is 13.2 Å². The predicted molar refractivity (Wildman–Crippen MR) is 58.1 cm³/mol. The van der Waals surface area contributed by atoms with Crippen molar-refractivity contribution >= 4 is 5.97 Å². The zero-order valence-electron chi connectivity index (χ0n) is 10.2. The quantitative estimate of drug-likeness (QED) is 0.544. The molecule has 0 radical (unpaired) electrons. The summed E-state index contributed by atoms with van der Waals surface area (Å²) in [4.78, 5) is 11.6. The summed E-state index contributed by atoms with van der Waals surface area (Å²) in [5.41, 5.74) is -0.450. The topological polar surface area (TPSA) is 48.1 Å². The Morgan fingerprint density at radius 3 is 2.88 bits per heavy atom. The molecule has 2 fully saturated rings. The minimum atomic E-state index is -0.359. The van der Waals surface area contributed by atoms with Crippen LogP contribution in [0.15, 0.2) is 0 Å². The smallest absolute Gasteiger partial charge is 0.338 e. The van der Waals surface area contributed by atoms with E-state index < -0.39 is 0 Å². The molecule has 0 bridgehead atoms. The Hall–Kier alpha value is -0.610. The largest absolute Gasteiger partial charge is 0.464 e. The molecule has 0 aliphatic carbocycles. The van der Waals surface area contributed by atoms with Crippen LogP contribution in [0.5, 0.6) is 0 Å². The van der Waals surface area contributed by atoms with E-state index in [1.54, 1.807) is 0 Å². The van der Waals surface area contributed by atoms with Crippen LogP contribution in [0.2, 0.25) is 0 Å². The van der Waals surface area contributed by atoms with Crippen molar-refractivity contribution in [3.05, 3.63) is 0 Å². The fourth-order valence-corrected chi connectivity index (χ4v) is 2.48. The normalized spacial score (nSPS) is 42.1. The average molecular weight is 228 g/mol. The van der Waals surface area contributed by atoms with Crippen LogP contribution in [0, 0.1) is 0 Å². The van der Waals surface area contributed by atoms with Crippen LogP contribution in [-0.4, -0.2) is 36.5 Å². The second-order valence-electron chi connectivity index (χ2n) is 4.89. The summed E-state index contributed by atoms with van der Waals surface area (Å²) < 4.78 is 16.3. The van der Waals surface area contributed by atoms with E-state index in [1.165, 1.54) is 0 Å². The van der Waals surface area contributed by atoms with Gasteiger partial charge in [0.05, 0.1) is 18.8 Å². The van der Waals surface area contributed by atoms with Crippen molar-refractivity contribution in [3.63, 3.8) is 0 Å². The van der Waals surface area contributed by atoms with Gasteiger partial charge in [-0.3, -0.25) is 0 Å². The van der Waals surface area contributed by atoms with E-state index in [0.29, 0.717) is 13.2 Å². The van der Waals surface area contributed by atoms with Gasteiger partial charge >= 0.3 is 5.97 Å². The van der Waals surface area contributed by atoms with E-state index in [2.05, 4.69) is 13.8 Å². The van der Waals surface area contributed by atoms with E-state index in [1.807, 2.05) is 6.92 Å². The van der Waals surface area contributed by atoms with Crippen LogP contribution < -0.4 is 0 Å². The first kappa shape index (κ1) is 11.9. The number of rotatable bonds is 3. The zero-order valence-corrected chi connectivity index (χ0v) is 10.2. The number of carbonyl (C=O) groups is 1. The van der Waals surface area contributed by atoms with E-state index in [9.17, 15) is 4.79 Å². The summed E-state index contributed by atoms with van der Waals surface area (Å²) in [5.74, 6) is -0.220. The molecule has 2 aliphatic rings. The first-order chi connectivity index (χ1) is 7.55. The molecule has 0 unspecified atom stereocenters. The maximum atomic E-state index is 11.6. The van der Waals surface area contributed by atoms with Crippen molar-refractivity contribution in [2.24, 2.45) is 0 Å².